The molecule has 10 nitrogen and oxygen atoms in total. The van der Waals surface area contributed by atoms with Crippen molar-refractivity contribution in [2.75, 3.05) is 19.6 Å². The summed E-state index contributed by atoms with van der Waals surface area (Å²) < 4.78 is 10.2. The van der Waals surface area contributed by atoms with E-state index in [9.17, 15) is 14.9 Å². The molecule has 0 radical (unpaired) electrons. The molecule has 0 aliphatic heterocycles. The molecule has 0 fully saturated rings. The van der Waals surface area contributed by atoms with Crippen LogP contribution >= 0.6 is 0 Å². The van der Waals surface area contributed by atoms with E-state index in [0.717, 1.165) is 0 Å². The third-order valence-corrected chi connectivity index (χ3v) is 3.50. The highest BCUT2D eigenvalue weighted by Crippen LogP contribution is 2.33. The molecule has 0 unspecified atom stereocenters. The van der Waals surface area contributed by atoms with E-state index in [4.69, 9.17) is 9.47 Å². The zero-order chi connectivity index (χ0) is 18.6. The van der Waals surface area contributed by atoms with Crippen LogP contribution in [0, 0.1) is 24.0 Å². The molecule has 0 saturated heterocycles. The van der Waals surface area contributed by atoms with Crippen molar-refractivity contribution in [3.05, 3.63) is 49.4 Å². The second kappa shape index (κ2) is 7.43. The zero-order valence-corrected chi connectivity index (χ0v) is 14.1. The molecule has 0 atom stereocenters. The predicted octanol–water partition coefficient (Wildman–Crippen LogP) is 1.76. The average Bonchev–Trinajstić information content (AvgIpc) is 2.58. The molecule has 2 aromatic rings. The fraction of sp³-hybridized carbons (Fsp3) is 0.267. The summed E-state index contributed by atoms with van der Waals surface area (Å²) in [6, 6.07) is 2.68. The fourth-order valence-electron chi connectivity index (χ4n) is 2.01. The minimum atomic E-state index is -0.564. The number of hydrazone groups is 1. The van der Waals surface area contributed by atoms with Gasteiger partial charge in [-0.05, 0) is 13.8 Å². The highest BCUT2D eigenvalue weighted by atomic mass is 16.6. The number of nitro benzene ring substituents is 1. The molecule has 132 valence electrons. The Labute approximate surface area is 142 Å². The van der Waals surface area contributed by atoms with Crippen molar-refractivity contribution in [3.8, 4) is 11.5 Å². The highest BCUT2D eigenvalue weighted by Gasteiger charge is 2.18. The Hall–Kier alpha value is -3.43. The Bertz CT molecular complexity index is 891. The molecule has 1 heterocycles. The lowest BCUT2D eigenvalue weighted by Crippen LogP contribution is -2.15. The predicted molar refractivity (Wildman–Crippen MR) is 91.7 cm³/mol. The summed E-state index contributed by atoms with van der Waals surface area (Å²) in [5, 5.41) is 15.0. The van der Waals surface area contributed by atoms with Crippen LogP contribution in [-0.4, -0.2) is 35.3 Å². The summed E-state index contributed by atoms with van der Waals surface area (Å²) in [7, 11) is 2.76. The van der Waals surface area contributed by atoms with E-state index in [1.54, 1.807) is 13.8 Å². The van der Waals surface area contributed by atoms with Gasteiger partial charge in [0, 0.05) is 29.0 Å². The molecule has 0 aliphatic rings. The number of ether oxygens (including phenoxy) is 2. The minimum Gasteiger partial charge on any atom is -0.496 e. The molecule has 2 N–H and O–H groups in total. The Morgan fingerprint density at radius 3 is 2.52 bits per heavy atom. The minimum absolute atomic E-state index is 0.0760. The van der Waals surface area contributed by atoms with Crippen molar-refractivity contribution in [1.82, 2.24) is 9.97 Å². The average molecular weight is 347 g/mol. The topological polar surface area (TPSA) is 132 Å². The molecule has 0 bridgehead atoms. The van der Waals surface area contributed by atoms with Gasteiger partial charge in [-0.3, -0.25) is 19.9 Å². The van der Waals surface area contributed by atoms with Crippen molar-refractivity contribution in [1.29, 1.82) is 0 Å². The lowest BCUT2D eigenvalue weighted by molar-refractivity contribution is -0.385. The SMILES string of the molecule is COc1cc(OC)c([N+](=O)[O-])cc1/C=N\Nc1nc(C)c(C)c(=O)[nH]1. The van der Waals surface area contributed by atoms with E-state index < -0.39 is 4.92 Å². The molecular weight excluding hydrogens is 330 g/mol. The van der Waals surface area contributed by atoms with Gasteiger partial charge in [-0.25, -0.2) is 10.4 Å². The zero-order valence-electron chi connectivity index (χ0n) is 14.1. The molecule has 0 saturated carbocycles. The van der Waals surface area contributed by atoms with Crippen LogP contribution in [0.1, 0.15) is 16.8 Å². The first-order chi connectivity index (χ1) is 11.9. The Morgan fingerprint density at radius 2 is 1.96 bits per heavy atom. The van der Waals surface area contributed by atoms with E-state index in [-0.39, 0.29) is 22.9 Å². The third kappa shape index (κ3) is 3.91. The number of benzene rings is 1. The van der Waals surface area contributed by atoms with Gasteiger partial charge in [0.25, 0.3) is 5.56 Å². The molecule has 25 heavy (non-hydrogen) atoms. The molecule has 2 rings (SSSR count). The maximum Gasteiger partial charge on any atom is 0.311 e. The number of hydrogen-bond donors (Lipinski definition) is 2. The number of nitrogens with one attached hydrogen (secondary N) is 2. The van der Waals surface area contributed by atoms with Crippen LogP contribution < -0.4 is 20.5 Å². The van der Waals surface area contributed by atoms with Crippen LogP contribution in [0.4, 0.5) is 11.6 Å². The van der Waals surface area contributed by atoms with Crippen LogP contribution in [0.25, 0.3) is 0 Å². The monoisotopic (exact) mass is 347 g/mol. The van der Waals surface area contributed by atoms with Crippen molar-refractivity contribution >= 4 is 17.9 Å². The van der Waals surface area contributed by atoms with Gasteiger partial charge in [-0.15, -0.1) is 0 Å². The maximum absolute atomic E-state index is 11.7. The number of methoxy groups -OCH3 is 2. The first kappa shape index (κ1) is 17.9. The fourth-order valence-corrected chi connectivity index (χ4v) is 2.01. The van der Waals surface area contributed by atoms with Gasteiger partial charge in [0.2, 0.25) is 11.7 Å². The molecule has 0 amide bonds. The second-order valence-corrected chi connectivity index (χ2v) is 5.02. The number of aromatic nitrogens is 2. The van der Waals surface area contributed by atoms with Crippen LogP contribution in [0.5, 0.6) is 11.5 Å². The first-order valence-corrected chi connectivity index (χ1v) is 7.14. The van der Waals surface area contributed by atoms with E-state index in [1.807, 2.05) is 0 Å². The van der Waals surface area contributed by atoms with Crippen molar-refractivity contribution in [2.45, 2.75) is 13.8 Å². The summed E-state index contributed by atoms with van der Waals surface area (Å²) >= 11 is 0. The molecule has 1 aromatic carbocycles. The highest BCUT2D eigenvalue weighted by molar-refractivity contribution is 5.86. The van der Waals surface area contributed by atoms with Crippen molar-refractivity contribution in [3.63, 3.8) is 0 Å². The number of hydrogen-bond acceptors (Lipinski definition) is 8. The van der Waals surface area contributed by atoms with Gasteiger partial charge in [0.1, 0.15) is 5.75 Å². The molecule has 0 aliphatic carbocycles. The van der Waals surface area contributed by atoms with Crippen LogP contribution in [-0.2, 0) is 0 Å². The van der Waals surface area contributed by atoms with E-state index >= 15 is 0 Å². The van der Waals surface area contributed by atoms with Crippen LogP contribution in [0.15, 0.2) is 22.0 Å². The van der Waals surface area contributed by atoms with Crippen molar-refractivity contribution < 1.29 is 14.4 Å². The quantitative estimate of drug-likeness (QED) is 0.462. The van der Waals surface area contributed by atoms with Gasteiger partial charge >= 0.3 is 5.69 Å². The Balaban J connectivity index is 2.33. The number of rotatable bonds is 6. The second-order valence-electron chi connectivity index (χ2n) is 5.02. The molecular formula is C15H17N5O5. The summed E-state index contributed by atoms with van der Waals surface area (Å²) in [6.07, 6.45) is 1.32. The number of aryl methyl sites for hydroxylation is 1. The summed E-state index contributed by atoms with van der Waals surface area (Å²) in [5.41, 5.74) is 3.52. The lowest BCUT2D eigenvalue weighted by atomic mass is 10.1. The largest absolute Gasteiger partial charge is 0.496 e. The van der Waals surface area contributed by atoms with Gasteiger partial charge in [0.05, 0.1) is 25.4 Å². The van der Waals surface area contributed by atoms with Gasteiger partial charge < -0.3 is 9.47 Å². The molecule has 0 spiro atoms. The van der Waals surface area contributed by atoms with E-state index in [1.165, 1.54) is 32.6 Å². The van der Waals surface area contributed by atoms with Crippen molar-refractivity contribution in [2.24, 2.45) is 5.10 Å². The molecule has 10 heteroatoms. The standard InChI is InChI=1S/C15H17N5O5/c1-8-9(2)17-15(18-14(8)21)19-16-7-10-5-11(20(22)23)13(25-4)6-12(10)24-3/h5-7H,1-4H3,(H2,17,18,19,21)/b16-7-. The van der Waals surface area contributed by atoms with Gasteiger partial charge in [-0.2, -0.15) is 5.10 Å². The Morgan fingerprint density at radius 1 is 1.28 bits per heavy atom. The number of H-pyrrole nitrogens is 1. The normalized spacial score (nSPS) is 10.7. The number of nitro groups is 1. The van der Waals surface area contributed by atoms with E-state index in [0.29, 0.717) is 22.6 Å². The third-order valence-electron chi connectivity index (χ3n) is 3.50. The smallest absolute Gasteiger partial charge is 0.311 e. The van der Waals surface area contributed by atoms with Gasteiger partial charge in [0.15, 0.2) is 0 Å². The van der Waals surface area contributed by atoms with E-state index in [2.05, 4.69) is 20.5 Å². The number of anilines is 1. The number of aromatic amines is 1. The number of nitrogens with zero attached hydrogens (tertiary/aromatic N) is 3. The summed E-state index contributed by atoms with van der Waals surface area (Å²) in [4.78, 5) is 28.9. The maximum atomic E-state index is 11.7. The summed E-state index contributed by atoms with van der Waals surface area (Å²) in [5.74, 6) is 0.577. The first-order valence-electron chi connectivity index (χ1n) is 7.14. The Kier molecular flexibility index (Phi) is 5.32. The van der Waals surface area contributed by atoms with Crippen LogP contribution in [0.3, 0.4) is 0 Å². The lowest BCUT2D eigenvalue weighted by Gasteiger charge is -2.08. The van der Waals surface area contributed by atoms with Gasteiger partial charge in [-0.1, -0.05) is 0 Å². The summed E-state index contributed by atoms with van der Waals surface area (Å²) in [6.45, 7) is 3.37. The van der Waals surface area contributed by atoms with Crippen LogP contribution in [0.2, 0.25) is 0 Å². The molecule has 1 aromatic heterocycles.